The summed E-state index contributed by atoms with van der Waals surface area (Å²) in [5.74, 6) is 0.761. The molecule has 1 aromatic heterocycles. The van der Waals surface area contributed by atoms with Gasteiger partial charge < -0.3 is 15.0 Å². The first-order valence-electron chi connectivity index (χ1n) is 7.67. The van der Waals surface area contributed by atoms with Crippen LogP contribution < -0.4 is 10.1 Å². The first-order valence-corrected chi connectivity index (χ1v) is 7.67. The Labute approximate surface area is 135 Å². The number of H-pyrrole nitrogens is 1. The Morgan fingerprint density at radius 2 is 2.00 bits per heavy atom. The van der Waals surface area contributed by atoms with E-state index in [4.69, 9.17) is 4.74 Å². The second kappa shape index (κ2) is 6.57. The molecule has 0 aliphatic rings. The normalized spacial score (nSPS) is 10.7. The minimum absolute atomic E-state index is 0.0891. The van der Waals surface area contributed by atoms with E-state index in [0.29, 0.717) is 12.2 Å². The maximum absolute atomic E-state index is 12.3. The molecule has 4 nitrogen and oxygen atoms in total. The van der Waals surface area contributed by atoms with Gasteiger partial charge in [0.25, 0.3) is 5.91 Å². The van der Waals surface area contributed by atoms with Gasteiger partial charge in [0.1, 0.15) is 11.4 Å². The summed E-state index contributed by atoms with van der Waals surface area (Å²) < 4.78 is 5.32. The summed E-state index contributed by atoms with van der Waals surface area (Å²) in [4.78, 5) is 15.4. The van der Waals surface area contributed by atoms with Gasteiger partial charge >= 0.3 is 0 Å². The summed E-state index contributed by atoms with van der Waals surface area (Å²) in [5, 5.41) is 4.00. The molecule has 0 saturated heterocycles. The van der Waals surface area contributed by atoms with Gasteiger partial charge in [0.2, 0.25) is 0 Å². The number of benzene rings is 2. The van der Waals surface area contributed by atoms with E-state index in [1.807, 2.05) is 55.5 Å². The van der Waals surface area contributed by atoms with Gasteiger partial charge in [-0.15, -0.1) is 0 Å². The smallest absolute Gasteiger partial charge is 0.267 e. The molecule has 1 heterocycles. The van der Waals surface area contributed by atoms with Crippen LogP contribution in [0.1, 0.15) is 21.6 Å². The van der Waals surface area contributed by atoms with Crippen molar-refractivity contribution in [2.45, 2.75) is 13.3 Å². The quantitative estimate of drug-likeness (QED) is 0.758. The number of aryl methyl sites for hydroxylation is 1. The third-order valence-corrected chi connectivity index (χ3v) is 3.90. The SMILES string of the molecule is COc1ccccc1CCNC(=O)c1cc2ccc(C)cc2[nH]1. The van der Waals surface area contributed by atoms with Gasteiger partial charge in [0.05, 0.1) is 7.11 Å². The fourth-order valence-electron chi connectivity index (χ4n) is 2.68. The fraction of sp³-hybridized carbons (Fsp3) is 0.211. The topological polar surface area (TPSA) is 54.1 Å². The molecule has 23 heavy (non-hydrogen) atoms. The van der Waals surface area contributed by atoms with Crippen molar-refractivity contribution in [3.63, 3.8) is 0 Å². The van der Waals surface area contributed by atoms with Crippen molar-refractivity contribution in [1.82, 2.24) is 10.3 Å². The third-order valence-electron chi connectivity index (χ3n) is 3.90. The van der Waals surface area contributed by atoms with Crippen LogP contribution in [0.25, 0.3) is 10.9 Å². The first kappa shape index (κ1) is 15.2. The van der Waals surface area contributed by atoms with E-state index in [9.17, 15) is 4.79 Å². The molecule has 0 bridgehead atoms. The Bertz CT molecular complexity index is 836. The number of nitrogens with one attached hydrogen (secondary N) is 2. The highest BCUT2D eigenvalue weighted by molar-refractivity contribution is 5.98. The number of aromatic amines is 1. The van der Waals surface area contributed by atoms with E-state index < -0.39 is 0 Å². The molecule has 0 saturated carbocycles. The van der Waals surface area contributed by atoms with Gasteiger partial charge in [-0.25, -0.2) is 0 Å². The molecule has 3 rings (SSSR count). The standard InChI is InChI=1S/C19H20N2O2/c1-13-7-8-15-12-17(21-16(15)11-13)19(22)20-10-9-14-5-3-4-6-18(14)23-2/h3-8,11-12,21H,9-10H2,1-2H3,(H,20,22). The second-order valence-corrected chi connectivity index (χ2v) is 5.59. The zero-order valence-corrected chi connectivity index (χ0v) is 13.3. The number of ether oxygens (including phenoxy) is 1. The lowest BCUT2D eigenvalue weighted by atomic mass is 10.1. The lowest BCUT2D eigenvalue weighted by Gasteiger charge is -2.08. The molecule has 0 aliphatic carbocycles. The molecular weight excluding hydrogens is 288 g/mol. The minimum atomic E-state index is -0.0891. The molecule has 4 heteroatoms. The summed E-state index contributed by atoms with van der Waals surface area (Å²) in [7, 11) is 1.66. The maximum atomic E-state index is 12.3. The molecule has 3 aromatic rings. The molecule has 0 aliphatic heterocycles. The van der Waals surface area contributed by atoms with Crippen molar-refractivity contribution in [3.05, 3.63) is 65.4 Å². The van der Waals surface area contributed by atoms with Crippen molar-refractivity contribution in [2.75, 3.05) is 13.7 Å². The number of fused-ring (bicyclic) bond motifs is 1. The zero-order valence-electron chi connectivity index (χ0n) is 13.3. The van der Waals surface area contributed by atoms with Crippen LogP contribution in [0.5, 0.6) is 5.75 Å². The zero-order chi connectivity index (χ0) is 16.2. The van der Waals surface area contributed by atoms with Gasteiger partial charge in [-0.1, -0.05) is 30.3 Å². The number of amides is 1. The van der Waals surface area contributed by atoms with Crippen LogP contribution in [0.3, 0.4) is 0 Å². The molecule has 2 aromatic carbocycles. The van der Waals surface area contributed by atoms with Crippen LogP contribution in [0.4, 0.5) is 0 Å². The average molecular weight is 308 g/mol. The van der Waals surface area contributed by atoms with E-state index in [-0.39, 0.29) is 5.91 Å². The number of carbonyl (C=O) groups excluding carboxylic acids is 1. The molecular formula is C19H20N2O2. The number of para-hydroxylation sites is 1. The summed E-state index contributed by atoms with van der Waals surface area (Å²) in [5.41, 5.74) is 3.83. The predicted molar refractivity (Wildman–Crippen MR) is 92.1 cm³/mol. The van der Waals surface area contributed by atoms with E-state index >= 15 is 0 Å². The monoisotopic (exact) mass is 308 g/mol. The Balaban J connectivity index is 1.64. The van der Waals surface area contributed by atoms with Gasteiger partial charge in [0, 0.05) is 17.4 Å². The first-order chi connectivity index (χ1) is 11.2. The van der Waals surface area contributed by atoms with E-state index in [1.165, 1.54) is 5.56 Å². The van der Waals surface area contributed by atoms with Gasteiger partial charge in [-0.2, -0.15) is 0 Å². The highest BCUT2D eigenvalue weighted by atomic mass is 16.5. The molecule has 0 atom stereocenters. The summed E-state index contributed by atoms with van der Waals surface area (Å²) in [6.07, 6.45) is 0.731. The van der Waals surface area contributed by atoms with Crippen molar-refractivity contribution in [1.29, 1.82) is 0 Å². The minimum Gasteiger partial charge on any atom is -0.496 e. The Kier molecular flexibility index (Phi) is 4.33. The van der Waals surface area contributed by atoms with E-state index in [0.717, 1.165) is 28.6 Å². The van der Waals surface area contributed by atoms with Crippen molar-refractivity contribution < 1.29 is 9.53 Å². The summed E-state index contributed by atoms with van der Waals surface area (Å²) in [6.45, 7) is 2.60. The predicted octanol–water partition coefficient (Wildman–Crippen LogP) is 3.46. The highest BCUT2D eigenvalue weighted by Gasteiger charge is 2.09. The molecule has 118 valence electrons. The van der Waals surface area contributed by atoms with Crippen LogP contribution in [0, 0.1) is 6.92 Å². The lowest BCUT2D eigenvalue weighted by Crippen LogP contribution is -2.26. The van der Waals surface area contributed by atoms with Crippen molar-refractivity contribution in [2.24, 2.45) is 0 Å². The number of aromatic nitrogens is 1. The molecule has 0 radical (unpaired) electrons. The Morgan fingerprint density at radius 1 is 1.17 bits per heavy atom. The molecule has 1 amide bonds. The van der Waals surface area contributed by atoms with Gasteiger partial charge in [-0.05, 0) is 42.7 Å². The van der Waals surface area contributed by atoms with Crippen molar-refractivity contribution in [3.8, 4) is 5.75 Å². The molecule has 0 fully saturated rings. The number of rotatable bonds is 5. The number of carbonyl (C=O) groups is 1. The van der Waals surface area contributed by atoms with E-state index in [2.05, 4.69) is 10.3 Å². The molecule has 0 unspecified atom stereocenters. The van der Waals surface area contributed by atoms with Gasteiger partial charge in [0.15, 0.2) is 0 Å². The average Bonchev–Trinajstić information content (AvgIpc) is 2.98. The molecule has 0 spiro atoms. The summed E-state index contributed by atoms with van der Waals surface area (Å²) in [6, 6.07) is 15.8. The molecule has 2 N–H and O–H groups in total. The Hall–Kier alpha value is -2.75. The van der Waals surface area contributed by atoms with Crippen LogP contribution >= 0.6 is 0 Å². The van der Waals surface area contributed by atoms with Crippen LogP contribution in [-0.4, -0.2) is 24.5 Å². The second-order valence-electron chi connectivity index (χ2n) is 5.59. The largest absolute Gasteiger partial charge is 0.496 e. The van der Waals surface area contributed by atoms with Crippen LogP contribution in [0.15, 0.2) is 48.5 Å². The number of hydrogen-bond acceptors (Lipinski definition) is 2. The van der Waals surface area contributed by atoms with E-state index in [1.54, 1.807) is 7.11 Å². The number of hydrogen-bond donors (Lipinski definition) is 2. The van der Waals surface area contributed by atoms with Gasteiger partial charge in [-0.3, -0.25) is 4.79 Å². The highest BCUT2D eigenvalue weighted by Crippen LogP contribution is 2.18. The fourth-order valence-corrected chi connectivity index (χ4v) is 2.68. The Morgan fingerprint density at radius 3 is 2.83 bits per heavy atom. The number of methoxy groups -OCH3 is 1. The third kappa shape index (κ3) is 3.37. The summed E-state index contributed by atoms with van der Waals surface area (Å²) >= 11 is 0. The van der Waals surface area contributed by atoms with Crippen LogP contribution in [0.2, 0.25) is 0 Å². The maximum Gasteiger partial charge on any atom is 0.267 e. The van der Waals surface area contributed by atoms with Crippen molar-refractivity contribution >= 4 is 16.8 Å². The lowest BCUT2D eigenvalue weighted by molar-refractivity contribution is 0.0950. The van der Waals surface area contributed by atoms with Crippen LogP contribution in [-0.2, 0) is 6.42 Å².